The Balaban J connectivity index is 0.000000205. The molecule has 8 nitrogen and oxygen atoms in total. The molecule has 70 heavy (non-hydrogen) atoms. The van der Waals surface area contributed by atoms with Gasteiger partial charge in [-0.3, -0.25) is 0 Å². The molecule has 6 aliphatic rings. The molecule has 2 aliphatic heterocycles. The van der Waals surface area contributed by atoms with Crippen LogP contribution in [0, 0.1) is 35.3 Å². The SMILES string of the molecule is O=S(=O)(N[C@H]1CC[C@H]2CNC[C@H]21)c1cccc(C(F)(F)F)c1C1CC1.O=S(=O)(c1cccc(C(F)(F)F)c1)N(C1CC1)[C@H]1CC[C@H]2CN(CCCCCC(c3ccc(F)cc3)c3ccc(F)cc3)C[C@H]21. The molecule has 4 aromatic rings. The Bertz CT molecular complexity index is 2630. The number of hydrogen-bond donors (Lipinski definition) is 2. The largest absolute Gasteiger partial charge is 0.416 e. The monoisotopic (exact) mass is 1020 g/mol. The van der Waals surface area contributed by atoms with Gasteiger partial charge in [-0.2, -0.15) is 30.6 Å². The van der Waals surface area contributed by atoms with Gasteiger partial charge in [0.15, 0.2) is 0 Å². The van der Waals surface area contributed by atoms with E-state index >= 15 is 0 Å². The van der Waals surface area contributed by atoms with Crippen LogP contribution in [0.5, 0.6) is 0 Å². The first-order valence-corrected chi connectivity index (χ1v) is 27.6. The van der Waals surface area contributed by atoms with Crippen LogP contribution in [0.3, 0.4) is 0 Å². The highest BCUT2D eigenvalue weighted by Gasteiger charge is 2.52. The summed E-state index contributed by atoms with van der Waals surface area (Å²) in [4.78, 5) is 1.95. The van der Waals surface area contributed by atoms with Crippen molar-refractivity contribution in [1.29, 1.82) is 0 Å². The van der Waals surface area contributed by atoms with Crippen LogP contribution in [-0.2, 0) is 32.4 Å². The van der Waals surface area contributed by atoms with Crippen molar-refractivity contribution in [2.45, 2.75) is 129 Å². The number of likely N-dealkylation sites (tertiary alicyclic amines) is 1. The van der Waals surface area contributed by atoms with Gasteiger partial charge >= 0.3 is 12.4 Å². The molecule has 6 atom stereocenters. The Labute approximate surface area is 405 Å². The minimum atomic E-state index is -4.61. The maximum Gasteiger partial charge on any atom is 0.416 e. The smallest absolute Gasteiger partial charge is 0.316 e. The van der Waals surface area contributed by atoms with E-state index in [0.29, 0.717) is 24.7 Å². The fraction of sp³-hybridized carbons (Fsp3) is 0.538. The second-order valence-corrected chi connectivity index (χ2v) is 23.8. The molecule has 0 bridgehead atoms. The van der Waals surface area contributed by atoms with Crippen molar-refractivity contribution in [1.82, 2.24) is 19.2 Å². The molecule has 2 heterocycles. The molecule has 4 saturated carbocycles. The van der Waals surface area contributed by atoms with E-state index in [1.165, 1.54) is 48.5 Å². The lowest BCUT2D eigenvalue weighted by Gasteiger charge is -2.32. The van der Waals surface area contributed by atoms with Gasteiger partial charge in [0.25, 0.3) is 0 Å². The highest BCUT2D eigenvalue weighted by molar-refractivity contribution is 7.89. The standard InChI is InChI=1S/C35H39F5N2O2S.C17H21F3N2O2S/c36-28-13-8-24(9-14-28)32(25-10-15-29(37)16-11-25)7-2-1-3-20-41-22-26-12-19-34(33(26)23-41)42(30-17-18-30)45(43,44)31-6-4-5-27(21-31)35(38,39)40;18-17(19,20)13-2-1-3-15(16(13)10-4-5-10)25(23,24)22-14-7-6-11-8-21-9-12(11)14/h4-6,8-11,13-16,21,26,30,32-34H,1-3,7,12,17-20,22-23H2;1-3,10-12,14,21-22H,4-9H2/t26-,33+,34-;11-,12+,14-/m00/s1. The minimum Gasteiger partial charge on any atom is -0.316 e. The molecule has 0 amide bonds. The lowest BCUT2D eigenvalue weighted by molar-refractivity contribution is -0.139. The van der Waals surface area contributed by atoms with Gasteiger partial charge in [0.05, 0.1) is 20.9 Å². The van der Waals surface area contributed by atoms with Crippen molar-refractivity contribution in [3.63, 3.8) is 0 Å². The zero-order chi connectivity index (χ0) is 49.6. The number of hydrogen-bond acceptors (Lipinski definition) is 6. The van der Waals surface area contributed by atoms with Crippen molar-refractivity contribution in [2.24, 2.45) is 23.7 Å². The van der Waals surface area contributed by atoms with E-state index in [-0.39, 0.29) is 68.8 Å². The summed E-state index contributed by atoms with van der Waals surface area (Å²) in [5.41, 5.74) is 0.187. The van der Waals surface area contributed by atoms with E-state index in [1.807, 2.05) is 0 Å². The molecule has 0 aromatic heterocycles. The summed E-state index contributed by atoms with van der Waals surface area (Å²) in [5, 5.41) is 3.26. The lowest BCUT2D eigenvalue weighted by Crippen LogP contribution is -2.45. The first-order chi connectivity index (χ1) is 33.3. The lowest BCUT2D eigenvalue weighted by atomic mass is 9.87. The van der Waals surface area contributed by atoms with Crippen LogP contribution in [0.1, 0.15) is 117 Å². The van der Waals surface area contributed by atoms with Gasteiger partial charge in [-0.05, 0) is 185 Å². The maximum atomic E-state index is 13.8. The van der Waals surface area contributed by atoms with Crippen LogP contribution in [0.25, 0.3) is 0 Å². The Morgan fingerprint density at radius 1 is 0.671 bits per heavy atom. The highest BCUT2D eigenvalue weighted by Crippen LogP contribution is 2.50. The number of nitrogens with one attached hydrogen (secondary N) is 2. The summed E-state index contributed by atoms with van der Waals surface area (Å²) in [5.74, 6) is 0.397. The van der Waals surface area contributed by atoms with Gasteiger partial charge in [-0.25, -0.2) is 30.3 Å². The number of unbranched alkanes of at least 4 members (excludes halogenated alkanes) is 2. The summed E-state index contributed by atoms with van der Waals surface area (Å²) in [6.07, 6.45) is 0.681. The number of sulfonamides is 2. The third-order valence-corrected chi connectivity index (χ3v) is 19.1. The Morgan fingerprint density at radius 3 is 1.96 bits per heavy atom. The number of benzene rings is 4. The zero-order valence-corrected chi connectivity index (χ0v) is 40.4. The Kier molecular flexibility index (Phi) is 14.9. The molecule has 0 radical (unpaired) electrons. The van der Waals surface area contributed by atoms with E-state index in [1.54, 1.807) is 28.6 Å². The van der Waals surface area contributed by atoms with Gasteiger partial charge in [0, 0.05) is 37.1 Å². The van der Waals surface area contributed by atoms with Gasteiger partial charge in [-0.1, -0.05) is 49.2 Å². The number of rotatable bonds is 16. The summed E-state index contributed by atoms with van der Waals surface area (Å²) >= 11 is 0. The topological polar surface area (TPSA) is 98.8 Å². The molecule has 2 N–H and O–H groups in total. The minimum absolute atomic E-state index is 0.0466. The average Bonchev–Trinajstić information content (AvgIpc) is 4.17. The van der Waals surface area contributed by atoms with Gasteiger partial charge in [-0.15, -0.1) is 0 Å². The molecule has 4 aromatic carbocycles. The molecule has 10 rings (SSSR count). The zero-order valence-electron chi connectivity index (χ0n) is 38.7. The highest BCUT2D eigenvalue weighted by atomic mass is 32.2. The predicted octanol–water partition coefficient (Wildman–Crippen LogP) is 11.1. The average molecular weight is 1020 g/mol. The molecule has 18 heteroatoms. The molecular formula is C52H60F8N4O4S2. The van der Waals surface area contributed by atoms with E-state index < -0.39 is 43.5 Å². The van der Waals surface area contributed by atoms with E-state index in [2.05, 4.69) is 14.9 Å². The predicted molar refractivity (Wildman–Crippen MR) is 250 cm³/mol. The summed E-state index contributed by atoms with van der Waals surface area (Å²) in [6.45, 7) is 4.26. The molecule has 6 fully saturated rings. The van der Waals surface area contributed by atoms with Crippen molar-refractivity contribution >= 4 is 20.0 Å². The number of alkyl halides is 6. The second-order valence-electron chi connectivity index (χ2n) is 20.3. The first-order valence-electron chi connectivity index (χ1n) is 24.6. The fourth-order valence-corrected chi connectivity index (χ4v) is 15.5. The molecule has 4 aliphatic carbocycles. The third-order valence-electron chi connectivity index (χ3n) is 15.6. The van der Waals surface area contributed by atoms with Crippen LogP contribution in [0.4, 0.5) is 35.1 Å². The van der Waals surface area contributed by atoms with Gasteiger partial charge in [0.2, 0.25) is 20.0 Å². The second kappa shape index (κ2) is 20.5. The normalized spacial score (nSPS) is 25.1. The van der Waals surface area contributed by atoms with E-state index in [9.17, 15) is 52.0 Å². The fourth-order valence-electron chi connectivity index (χ4n) is 11.9. The van der Waals surface area contributed by atoms with Crippen LogP contribution >= 0.6 is 0 Å². The summed E-state index contributed by atoms with van der Waals surface area (Å²) in [6, 6.07) is 20.1. The van der Waals surface area contributed by atoms with Crippen LogP contribution in [-0.4, -0.2) is 76.9 Å². The van der Waals surface area contributed by atoms with Crippen molar-refractivity contribution < 1.29 is 52.0 Å². The van der Waals surface area contributed by atoms with Gasteiger partial charge in [0.1, 0.15) is 11.6 Å². The number of halogens is 8. The van der Waals surface area contributed by atoms with Crippen molar-refractivity contribution in [3.05, 3.63) is 130 Å². The van der Waals surface area contributed by atoms with Crippen LogP contribution in [0.2, 0.25) is 0 Å². The quantitative estimate of drug-likeness (QED) is 0.0857. The third kappa shape index (κ3) is 11.5. The first kappa shape index (κ1) is 51.0. The van der Waals surface area contributed by atoms with Crippen molar-refractivity contribution in [2.75, 3.05) is 32.7 Å². The maximum absolute atomic E-state index is 13.8. The summed E-state index contributed by atoms with van der Waals surface area (Å²) in [7, 11) is -8.05. The number of nitrogens with zero attached hydrogens (tertiary/aromatic N) is 2. The van der Waals surface area contributed by atoms with Gasteiger partial charge < -0.3 is 10.2 Å². The van der Waals surface area contributed by atoms with Crippen molar-refractivity contribution in [3.8, 4) is 0 Å². The molecular weight excluding hydrogens is 961 g/mol. The Morgan fingerprint density at radius 2 is 1.33 bits per heavy atom. The molecule has 2 saturated heterocycles. The van der Waals surface area contributed by atoms with Crippen LogP contribution in [0.15, 0.2) is 101 Å². The molecule has 0 spiro atoms. The molecule has 380 valence electrons. The van der Waals surface area contributed by atoms with E-state index in [4.69, 9.17) is 0 Å². The van der Waals surface area contributed by atoms with E-state index in [0.717, 1.165) is 126 Å². The Hall–Kier alpha value is -3.94. The summed E-state index contributed by atoms with van der Waals surface area (Å²) < 4.78 is 165. The molecule has 0 unspecified atom stereocenters. The van der Waals surface area contributed by atoms with Crippen LogP contribution < -0.4 is 10.0 Å². The number of fused-ring (bicyclic) bond motifs is 2.